The van der Waals surface area contributed by atoms with Gasteiger partial charge in [0.25, 0.3) is 0 Å². The Bertz CT molecular complexity index is 392. The molecule has 4 nitrogen and oxygen atoms in total. The molecule has 1 N–H and O–H groups in total. The number of nitrogens with zero attached hydrogens (tertiary/aromatic N) is 3. The molecule has 0 aliphatic carbocycles. The predicted molar refractivity (Wildman–Crippen MR) is 72.7 cm³/mol. The molecule has 1 aliphatic heterocycles. The summed E-state index contributed by atoms with van der Waals surface area (Å²) in [5, 5.41) is 15.2. The van der Waals surface area contributed by atoms with Crippen LogP contribution in [0.3, 0.4) is 0 Å². The molecule has 1 aliphatic rings. The number of hydrogen-bond donors (Lipinski definition) is 1. The summed E-state index contributed by atoms with van der Waals surface area (Å²) in [5.74, 6) is 0. The molecular weight excluding hydrogens is 226 g/mol. The van der Waals surface area contributed by atoms with Gasteiger partial charge in [-0.25, -0.2) is 0 Å². The van der Waals surface area contributed by atoms with Gasteiger partial charge in [-0.2, -0.15) is 5.10 Å². The van der Waals surface area contributed by atoms with Gasteiger partial charge in [-0.3, -0.25) is 4.68 Å². The maximum atomic E-state index is 10.7. The van der Waals surface area contributed by atoms with E-state index in [1.807, 2.05) is 4.68 Å². The number of likely N-dealkylation sites (tertiary alicyclic amines) is 1. The van der Waals surface area contributed by atoms with Gasteiger partial charge in [0.1, 0.15) is 0 Å². The van der Waals surface area contributed by atoms with Crippen molar-refractivity contribution in [2.24, 2.45) is 0 Å². The van der Waals surface area contributed by atoms with Crippen LogP contribution in [0.25, 0.3) is 0 Å². The molecule has 4 heteroatoms. The molecular formula is C14H25N3O. The second kappa shape index (κ2) is 5.41. The molecule has 0 unspecified atom stereocenters. The largest absolute Gasteiger partial charge is 0.389 e. The van der Waals surface area contributed by atoms with Crippen molar-refractivity contribution >= 4 is 0 Å². The standard InChI is InChI=1S/C14H25N3O/c1-4-12-10-13(17(5-2)15-12)11-14(18)6-8-16(3)9-7-14/h10,18H,4-9,11H2,1-3H3. The summed E-state index contributed by atoms with van der Waals surface area (Å²) >= 11 is 0. The lowest BCUT2D eigenvalue weighted by molar-refractivity contribution is -0.0164. The first-order valence-electron chi connectivity index (χ1n) is 7.03. The highest BCUT2D eigenvalue weighted by molar-refractivity contribution is 5.13. The van der Waals surface area contributed by atoms with E-state index in [1.165, 1.54) is 5.69 Å². The lowest BCUT2D eigenvalue weighted by atomic mass is 9.87. The number of aliphatic hydroxyl groups is 1. The van der Waals surface area contributed by atoms with E-state index in [4.69, 9.17) is 0 Å². The van der Waals surface area contributed by atoms with Crippen LogP contribution < -0.4 is 0 Å². The maximum absolute atomic E-state index is 10.7. The van der Waals surface area contributed by atoms with Crippen molar-refractivity contribution < 1.29 is 5.11 Å². The van der Waals surface area contributed by atoms with Gasteiger partial charge in [0.2, 0.25) is 0 Å². The van der Waals surface area contributed by atoms with Crippen molar-refractivity contribution in [3.8, 4) is 0 Å². The van der Waals surface area contributed by atoms with Crippen LogP contribution in [0.15, 0.2) is 6.07 Å². The van der Waals surface area contributed by atoms with E-state index in [-0.39, 0.29) is 0 Å². The van der Waals surface area contributed by atoms with Gasteiger partial charge in [-0.05, 0) is 39.3 Å². The quantitative estimate of drug-likeness (QED) is 0.881. The number of aryl methyl sites for hydroxylation is 2. The molecule has 1 fully saturated rings. The van der Waals surface area contributed by atoms with E-state index in [0.717, 1.165) is 51.0 Å². The first kappa shape index (κ1) is 13.6. The third-order valence-corrected chi connectivity index (χ3v) is 4.00. The van der Waals surface area contributed by atoms with Crippen LogP contribution in [0, 0.1) is 0 Å². The van der Waals surface area contributed by atoms with Crippen molar-refractivity contribution in [2.75, 3.05) is 20.1 Å². The highest BCUT2D eigenvalue weighted by atomic mass is 16.3. The molecule has 1 aromatic rings. The zero-order chi connectivity index (χ0) is 13.2. The van der Waals surface area contributed by atoms with Crippen molar-refractivity contribution in [1.82, 2.24) is 14.7 Å². The molecule has 2 heterocycles. The van der Waals surface area contributed by atoms with Crippen LogP contribution in [-0.4, -0.2) is 45.5 Å². The highest BCUT2D eigenvalue weighted by Crippen LogP contribution is 2.26. The second-order valence-corrected chi connectivity index (χ2v) is 5.50. The monoisotopic (exact) mass is 251 g/mol. The Balaban J connectivity index is 2.10. The summed E-state index contributed by atoms with van der Waals surface area (Å²) in [5.41, 5.74) is 1.77. The van der Waals surface area contributed by atoms with Crippen LogP contribution in [-0.2, 0) is 19.4 Å². The Morgan fingerprint density at radius 2 is 2.00 bits per heavy atom. The zero-order valence-corrected chi connectivity index (χ0v) is 11.8. The van der Waals surface area contributed by atoms with Gasteiger partial charge in [-0.1, -0.05) is 6.92 Å². The molecule has 0 atom stereocenters. The molecule has 0 amide bonds. The summed E-state index contributed by atoms with van der Waals surface area (Å²) in [7, 11) is 2.12. The van der Waals surface area contributed by atoms with E-state index in [2.05, 4.69) is 37.0 Å². The average Bonchev–Trinajstić information content (AvgIpc) is 2.75. The van der Waals surface area contributed by atoms with Gasteiger partial charge in [-0.15, -0.1) is 0 Å². The predicted octanol–water partition coefficient (Wildman–Crippen LogP) is 1.46. The SMILES string of the molecule is CCc1cc(CC2(O)CCN(C)CC2)n(CC)n1. The first-order valence-corrected chi connectivity index (χ1v) is 7.03. The zero-order valence-electron chi connectivity index (χ0n) is 11.8. The Morgan fingerprint density at radius 3 is 2.56 bits per heavy atom. The van der Waals surface area contributed by atoms with E-state index in [1.54, 1.807) is 0 Å². The topological polar surface area (TPSA) is 41.3 Å². The summed E-state index contributed by atoms with van der Waals surface area (Å²) < 4.78 is 2.04. The van der Waals surface area contributed by atoms with Crippen molar-refractivity contribution in [1.29, 1.82) is 0 Å². The summed E-state index contributed by atoms with van der Waals surface area (Å²) in [6.07, 6.45) is 3.42. The molecule has 1 saturated heterocycles. The molecule has 0 saturated carbocycles. The van der Waals surface area contributed by atoms with Crippen LogP contribution in [0.4, 0.5) is 0 Å². The first-order chi connectivity index (χ1) is 8.56. The molecule has 0 bridgehead atoms. The summed E-state index contributed by atoms with van der Waals surface area (Å²) in [6, 6.07) is 2.15. The van der Waals surface area contributed by atoms with Crippen molar-refractivity contribution in [3.63, 3.8) is 0 Å². The Labute approximate surface area is 110 Å². The number of piperidine rings is 1. The fourth-order valence-corrected chi connectivity index (χ4v) is 2.65. The van der Waals surface area contributed by atoms with E-state index in [0.29, 0.717) is 0 Å². The minimum absolute atomic E-state index is 0.537. The molecule has 2 rings (SSSR count). The molecule has 0 aromatic carbocycles. The van der Waals surface area contributed by atoms with Gasteiger partial charge >= 0.3 is 0 Å². The summed E-state index contributed by atoms with van der Waals surface area (Å²) in [6.45, 7) is 7.07. The van der Waals surface area contributed by atoms with Crippen LogP contribution in [0.1, 0.15) is 38.1 Å². The fraction of sp³-hybridized carbons (Fsp3) is 0.786. The van der Waals surface area contributed by atoms with Crippen LogP contribution >= 0.6 is 0 Å². The van der Waals surface area contributed by atoms with E-state index >= 15 is 0 Å². The highest BCUT2D eigenvalue weighted by Gasteiger charge is 2.32. The smallest absolute Gasteiger partial charge is 0.0727 e. The van der Waals surface area contributed by atoms with Gasteiger partial charge in [0, 0.05) is 31.7 Å². The molecule has 102 valence electrons. The number of rotatable bonds is 4. The minimum atomic E-state index is -0.537. The number of aromatic nitrogens is 2. The minimum Gasteiger partial charge on any atom is -0.389 e. The average molecular weight is 251 g/mol. The molecule has 18 heavy (non-hydrogen) atoms. The Kier molecular flexibility index (Phi) is 4.07. The van der Waals surface area contributed by atoms with Gasteiger partial charge in [0.15, 0.2) is 0 Å². The van der Waals surface area contributed by atoms with Crippen LogP contribution in [0.5, 0.6) is 0 Å². The normalized spacial score (nSPS) is 20.2. The Hall–Kier alpha value is -0.870. The van der Waals surface area contributed by atoms with Crippen LogP contribution in [0.2, 0.25) is 0 Å². The molecule has 1 aromatic heterocycles. The van der Waals surface area contributed by atoms with Gasteiger partial charge in [0.05, 0.1) is 11.3 Å². The molecule has 0 spiro atoms. The lowest BCUT2D eigenvalue weighted by Gasteiger charge is -2.36. The Morgan fingerprint density at radius 1 is 1.33 bits per heavy atom. The van der Waals surface area contributed by atoms with E-state index in [9.17, 15) is 5.11 Å². The lowest BCUT2D eigenvalue weighted by Crippen LogP contribution is -2.44. The van der Waals surface area contributed by atoms with Crippen molar-refractivity contribution in [2.45, 2.75) is 51.7 Å². The maximum Gasteiger partial charge on any atom is 0.0727 e. The van der Waals surface area contributed by atoms with Gasteiger partial charge < -0.3 is 10.0 Å². The second-order valence-electron chi connectivity index (χ2n) is 5.50. The van der Waals surface area contributed by atoms with E-state index < -0.39 is 5.60 Å². The third kappa shape index (κ3) is 2.93. The third-order valence-electron chi connectivity index (χ3n) is 4.00. The van der Waals surface area contributed by atoms with Crippen molar-refractivity contribution in [3.05, 3.63) is 17.5 Å². The summed E-state index contributed by atoms with van der Waals surface area (Å²) in [4.78, 5) is 2.28. The molecule has 0 radical (unpaired) electrons. The fourth-order valence-electron chi connectivity index (χ4n) is 2.65. The number of hydrogen-bond acceptors (Lipinski definition) is 3.